The van der Waals surface area contributed by atoms with Crippen LogP contribution < -0.4 is 5.73 Å². The number of carbonyl (C=O) groups excluding carboxylic acids is 1. The maximum atomic E-state index is 10.9. The van der Waals surface area contributed by atoms with Crippen LogP contribution in [0.3, 0.4) is 0 Å². The van der Waals surface area contributed by atoms with Crippen LogP contribution in [0.1, 0.15) is 0 Å². The number of hydrogen-bond acceptors (Lipinski definition) is 3. The summed E-state index contributed by atoms with van der Waals surface area (Å²) in [5, 5.41) is 0. The fourth-order valence-corrected chi connectivity index (χ4v) is 2.38. The molecule has 0 spiro atoms. The molecule has 0 amide bonds. The van der Waals surface area contributed by atoms with E-state index in [2.05, 4.69) is 24.4 Å². The lowest BCUT2D eigenvalue weighted by molar-refractivity contribution is -0.141. The number of hydrogen-bond donors (Lipinski definition) is 1. The number of halogens is 1. The van der Waals surface area contributed by atoms with Crippen LogP contribution in [0.2, 0.25) is 25.7 Å². The average Bonchev–Trinajstić information content (AvgIpc) is 1.82. The van der Waals surface area contributed by atoms with Crippen LogP contribution in [0.15, 0.2) is 0 Å². The number of methoxy groups -OCH3 is 1. The van der Waals surface area contributed by atoms with Gasteiger partial charge in [0.2, 0.25) is 0 Å². The van der Waals surface area contributed by atoms with Gasteiger partial charge in [-0.3, -0.25) is 4.79 Å². The van der Waals surface area contributed by atoms with E-state index in [-0.39, 0.29) is 18.4 Å². The van der Waals surface area contributed by atoms with E-state index in [9.17, 15) is 4.79 Å². The molecule has 0 aromatic rings. The molecule has 0 fully saturated rings. The molecule has 0 rings (SSSR count). The zero-order valence-corrected chi connectivity index (χ0v) is 9.90. The summed E-state index contributed by atoms with van der Waals surface area (Å²) in [5.74, 6) is -0.299. The summed E-state index contributed by atoms with van der Waals surface area (Å²) in [7, 11) is 0.142. The molecule has 0 aliphatic rings. The van der Waals surface area contributed by atoms with Crippen LogP contribution >= 0.6 is 12.4 Å². The molecule has 0 bridgehead atoms. The van der Waals surface area contributed by atoms with Gasteiger partial charge in [0.1, 0.15) is 6.04 Å². The molecule has 0 saturated heterocycles. The van der Waals surface area contributed by atoms with Gasteiger partial charge in [0.05, 0.1) is 7.11 Å². The largest absolute Gasteiger partial charge is 0.468 e. The molecule has 0 unspecified atom stereocenters. The van der Waals surface area contributed by atoms with Gasteiger partial charge < -0.3 is 10.5 Å². The first-order chi connectivity index (χ1) is 4.87. The van der Waals surface area contributed by atoms with E-state index in [1.807, 2.05) is 0 Å². The topological polar surface area (TPSA) is 52.3 Å². The highest BCUT2D eigenvalue weighted by Crippen LogP contribution is 2.10. The zero-order valence-electron chi connectivity index (χ0n) is 8.09. The first kappa shape index (κ1) is 14.5. The molecule has 0 aromatic carbocycles. The molecule has 0 aromatic heterocycles. The number of esters is 1. The van der Waals surface area contributed by atoms with Crippen molar-refractivity contribution in [2.45, 2.75) is 31.7 Å². The molecule has 0 radical (unpaired) electrons. The van der Waals surface area contributed by atoms with E-state index < -0.39 is 14.1 Å². The average molecular weight is 212 g/mol. The third kappa shape index (κ3) is 6.63. The van der Waals surface area contributed by atoms with E-state index in [4.69, 9.17) is 5.73 Å². The summed E-state index contributed by atoms with van der Waals surface area (Å²) in [4.78, 5) is 10.9. The van der Waals surface area contributed by atoms with E-state index in [0.717, 1.165) is 6.04 Å². The Labute approximate surface area is 81.1 Å². The van der Waals surface area contributed by atoms with Gasteiger partial charge in [0.25, 0.3) is 0 Å². The summed E-state index contributed by atoms with van der Waals surface area (Å²) in [6.45, 7) is 6.53. The Balaban J connectivity index is 0. The third-order valence-electron chi connectivity index (χ3n) is 1.34. The van der Waals surface area contributed by atoms with Crippen molar-refractivity contribution in [1.29, 1.82) is 0 Å². The molecule has 12 heavy (non-hydrogen) atoms. The highest BCUT2D eigenvalue weighted by molar-refractivity contribution is 6.76. The van der Waals surface area contributed by atoms with Crippen molar-refractivity contribution in [2.75, 3.05) is 7.11 Å². The molecule has 3 nitrogen and oxygen atoms in total. The number of ether oxygens (including phenoxy) is 1. The van der Waals surface area contributed by atoms with Gasteiger partial charge in [-0.1, -0.05) is 19.6 Å². The molecule has 0 saturated carbocycles. The van der Waals surface area contributed by atoms with Gasteiger partial charge in [0, 0.05) is 8.07 Å². The van der Waals surface area contributed by atoms with Crippen molar-refractivity contribution in [3.8, 4) is 0 Å². The second-order valence-corrected chi connectivity index (χ2v) is 9.42. The molecule has 5 heteroatoms. The van der Waals surface area contributed by atoms with Gasteiger partial charge in [-0.15, -0.1) is 12.4 Å². The Hall–Kier alpha value is -0.0631. The van der Waals surface area contributed by atoms with Crippen molar-refractivity contribution in [2.24, 2.45) is 5.73 Å². The van der Waals surface area contributed by atoms with Crippen LogP contribution in [0.5, 0.6) is 0 Å². The fraction of sp³-hybridized carbons (Fsp3) is 0.857. The second kappa shape index (κ2) is 5.56. The zero-order chi connectivity index (χ0) is 9.07. The Bertz CT molecular complexity index is 147. The summed E-state index contributed by atoms with van der Waals surface area (Å²) in [6, 6.07) is 0.367. The predicted molar refractivity (Wildman–Crippen MR) is 55.4 cm³/mol. The van der Waals surface area contributed by atoms with Crippen molar-refractivity contribution < 1.29 is 9.53 Å². The highest BCUT2D eigenvalue weighted by atomic mass is 35.5. The normalized spacial score (nSPS) is 13.1. The number of nitrogens with two attached hydrogens (primary N) is 1. The minimum absolute atomic E-state index is 0. The molecule has 74 valence electrons. The van der Waals surface area contributed by atoms with Gasteiger partial charge >= 0.3 is 5.97 Å². The first-order valence-electron chi connectivity index (χ1n) is 3.70. The lowest BCUT2D eigenvalue weighted by Crippen LogP contribution is -2.38. The van der Waals surface area contributed by atoms with Gasteiger partial charge in [-0.25, -0.2) is 0 Å². The van der Waals surface area contributed by atoms with Crippen LogP contribution in [0.4, 0.5) is 0 Å². The van der Waals surface area contributed by atoms with Crippen molar-refractivity contribution in [1.82, 2.24) is 0 Å². The summed E-state index contributed by atoms with van der Waals surface area (Å²) in [6.07, 6.45) is 0. The van der Waals surface area contributed by atoms with Crippen molar-refractivity contribution >= 4 is 26.5 Å². The first-order valence-corrected chi connectivity index (χ1v) is 7.41. The molecule has 0 aliphatic carbocycles. The van der Waals surface area contributed by atoms with Crippen LogP contribution in [0, 0.1) is 0 Å². The fourth-order valence-electron chi connectivity index (χ4n) is 0.894. The molecular weight excluding hydrogens is 194 g/mol. The van der Waals surface area contributed by atoms with E-state index >= 15 is 0 Å². The predicted octanol–water partition coefficient (Wildman–Crippen LogP) is 1.25. The number of rotatable bonds is 3. The van der Waals surface area contributed by atoms with Crippen molar-refractivity contribution in [3.63, 3.8) is 0 Å². The third-order valence-corrected chi connectivity index (χ3v) is 3.00. The standard InChI is InChI=1S/C7H17NO2Si.ClH/c1-10-7(9)6(8)5-11(2,3)4;/h6H,5,8H2,1-4H3;1H/t6-;/m0./s1. The van der Waals surface area contributed by atoms with Crippen LogP contribution in [0.25, 0.3) is 0 Å². The minimum atomic E-state index is -1.23. The molecule has 0 aliphatic heterocycles. The molecule has 0 heterocycles. The smallest absolute Gasteiger partial charge is 0.322 e. The monoisotopic (exact) mass is 211 g/mol. The Morgan fingerprint density at radius 2 is 1.92 bits per heavy atom. The van der Waals surface area contributed by atoms with E-state index in [1.165, 1.54) is 7.11 Å². The Morgan fingerprint density at radius 3 is 2.17 bits per heavy atom. The summed E-state index contributed by atoms with van der Waals surface area (Å²) >= 11 is 0. The Kier molecular flexibility index (Phi) is 6.70. The molecular formula is C7H18ClNO2Si. The molecule has 2 N–H and O–H groups in total. The maximum absolute atomic E-state index is 10.9. The lowest BCUT2D eigenvalue weighted by Gasteiger charge is -2.19. The van der Waals surface area contributed by atoms with Crippen molar-refractivity contribution in [3.05, 3.63) is 0 Å². The van der Waals surface area contributed by atoms with Gasteiger partial charge in [0.15, 0.2) is 0 Å². The minimum Gasteiger partial charge on any atom is -0.468 e. The maximum Gasteiger partial charge on any atom is 0.322 e. The summed E-state index contributed by atoms with van der Waals surface area (Å²) in [5.41, 5.74) is 5.57. The van der Waals surface area contributed by atoms with E-state index in [0.29, 0.717) is 0 Å². The quantitative estimate of drug-likeness (QED) is 0.565. The molecule has 1 atom stereocenters. The van der Waals surface area contributed by atoms with Gasteiger partial charge in [-0.2, -0.15) is 0 Å². The lowest BCUT2D eigenvalue weighted by atomic mass is 10.4. The van der Waals surface area contributed by atoms with Gasteiger partial charge in [-0.05, 0) is 6.04 Å². The summed E-state index contributed by atoms with van der Waals surface area (Å²) < 4.78 is 4.52. The van der Waals surface area contributed by atoms with Crippen LogP contribution in [-0.4, -0.2) is 27.2 Å². The Morgan fingerprint density at radius 1 is 1.50 bits per heavy atom. The number of carbonyl (C=O) groups is 1. The van der Waals surface area contributed by atoms with E-state index in [1.54, 1.807) is 0 Å². The highest BCUT2D eigenvalue weighted by Gasteiger charge is 2.22. The second-order valence-electron chi connectivity index (χ2n) is 3.89. The van der Waals surface area contributed by atoms with Crippen LogP contribution in [-0.2, 0) is 9.53 Å². The SMILES string of the molecule is COC(=O)[C@@H](N)C[Si](C)(C)C.Cl.